The predicted molar refractivity (Wildman–Crippen MR) is 68.9 cm³/mol. The maximum atomic E-state index is 5.33. The van der Waals surface area contributed by atoms with Gasteiger partial charge < -0.3 is 10.1 Å². The second-order valence-electron chi connectivity index (χ2n) is 4.80. The maximum absolute atomic E-state index is 5.33. The van der Waals surface area contributed by atoms with Crippen LogP contribution in [0.5, 0.6) is 0 Å². The molecule has 0 aromatic heterocycles. The van der Waals surface area contributed by atoms with Crippen molar-refractivity contribution < 1.29 is 4.74 Å². The number of nitrogens with zero attached hydrogens (tertiary/aromatic N) is 1. The van der Waals surface area contributed by atoms with E-state index in [1.165, 1.54) is 32.2 Å². The van der Waals surface area contributed by atoms with E-state index in [2.05, 4.69) is 24.1 Å². The van der Waals surface area contributed by atoms with Gasteiger partial charge in [-0.2, -0.15) is 0 Å². The summed E-state index contributed by atoms with van der Waals surface area (Å²) >= 11 is 0. The Labute approximate surface area is 101 Å². The molecule has 3 heteroatoms. The second kappa shape index (κ2) is 8.97. The van der Waals surface area contributed by atoms with Gasteiger partial charge >= 0.3 is 0 Å². The Bertz CT molecular complexity index is 158. The van der Waals surface area contributed by atoms with E-state index in [4.69, 9.17) is 4.74 Å². The van der Waals surface area contributed by atoms with E-state index >= 15 is 0 Å². The summed E-state index contributed by atoms with van der Waals surface area (Å²) in [6, 6.07) is 0.674. The van der Waals surface area contributed by atoms with Crippen LogP contribution in [0.15, 0.2) is 0 Å². The van der Waals surface area contributed by atoms with Crippen LogP contribution in [0.1, 0.15) is 39.5 Å². The highest BCUT2D eigenvalue weighted by atomic mass is 16.5. The Morgan fingerprint density at radius 2 is 2.00 bits per heavy atom. The van der Waals surface area contributed by atoms with Crippen LogP contribution in [0.25, 0.3) is 0 Å². The topological polar surface area (TPSA) is 24.5 Å². The van der Waals surface area contributed by atoms with Crippen molar-refractivity contribution in [1.82, 2.24) is 10.2 Å². The van der Waals surface area contributed by atoms with Crippen LogP contribution in [-0.2, 0) is 4.74 Å². The first kappa shape index (κ1) is 13.9. The lowest BCUT2D eigenvalue weighted by atomic mass is 10.1. The zero-order valence-electron chi connectivity index (χ0n) is 11.0. The third kappa shape index (κ3) is 6.46. The third-order valence-corrected chi connectivity index (χ3v) is 3.27. The van der Waals surface area contributed by atoms with Gasteiger partial charge in [0.2, 0.25) is 0 Å². The number of rotatable bonds is 8. The number of hydrogen-bond acceptors (Lipinski definition) is 3. The van der Waals surface area contributed by atoms with Crippen molar-refractivity contribution in [2.75, 3.05) is 39.4 Å². The van der Waals surface area contributed by atoms with Crippen molar-refractivity contribution in [3.05, 3.63) is 0 Å². The molecule has 0 aromatic carbocycles. The number of unbranched alkanes of at least 4 members (excludes halogenated alkanes) is 2. The third-order valence-electron chi connectivity index (χ3n) is 3.27. The van der Waals surface area contributed by atoms with Crippen LogP contribution in [0.4, 0.5) is 0 Å². The first-order valence-corrected chi connectivity index (χ1v) is 6.86. The van der Waals surface area contributed by atoms with Crippen molar-refractivity contribution in [1.29, 1.82) is 0 Å². The van der Waals surface area contributed by atoms with Crippen LogP contribution < -0.4 is 5.32 Å². The fourth-order valence-electron chi connectivity index (χ4n) is 2.10. The van der Waals surface area contributed by atoms with Crippen LogP contribution in [0.2, 0.25) is 0 Å². The molecule has 1 aliphatic rings. The van der Waals surface area contributed by atoms with Gasteiger partial charge in [-0.25, -0.2) is 0 Å². The van der Waals surface area contributed by atoms with E-state index in [0.717, 1.165) is 32.8 Å². The fraction of sp³-hybridized carbons (Fsp3) is 1.00. The van der Waals surface area contributed by atoms with Gasteiger partial charge in [0.1, 0.15) is 0 Å². The summed E-state index contributed by atoms with van der Waals surface area (Å²) in [6.45, 7) is 10.9. The molecule has 96 valence electrons. The molecule has 1 heterocycles. The van der Waals surface area contributed by atoms with Gasteiger partial charge in [-0.15, -0.1) is 0 Å². The summed E-state index contributed by atoms with van der Waals surface area (Å²) in [6.07, 6.45) is 5.37. The van der Waals surface area contributed by atoms with Crippen LogP contribution in [0, 0.1) is 0 Å². The first-order valence-electron chi connectivity index (χ1n) is 6.86. The molecule has 1 atom stereocenters. The van der Waals surface area contributed by atoms with E-state index in [0.29, 0.717) is 6.04 Å². The average molecular weight is 228 g/mol. The van der Waals surface area contributed by atoms with Crippen molar-refractivity contribution in [3.63, 3.8) is 0 Å². The van der Waals surface area contributed by atoms with E-state index < -0.39 is 0 Å². The highest BCUT2D eigenvalue weighted by molar-refractivity contribution is 4.66. The van der Waals surface area contributed by atoms with Gasteiger partial charge in [0.05, 0.1) is 13.2 Å². The maximum Gasteiger partial charge on any atom is 0.0594 e. The van der Waals surface area contributed by atoms with E-state index in [-0.39, 0.29) is 0 Å². The van der Waals surface area contributed by atoms with E-state index in [9.17, 15) is 0 Å². The molecule has 16 heavy (non-hydrogen) atoms. The Hall–Kier alpha value is -0.120. The van der Waals surface area contributed by atoms with E-state index in [1.807, 2.05) is 0 Å². The molecule has 0 radical (unpaired) electrons. The minimum Gasteiger partial charge on any atom is -0.379 e. The van der Waals surface area contributed by atoms with Crippen LogP contribution in [-0.4, -0.2) is 50.3 Å². The minimum atomic E-state index is 0.674. The summed E-state index contributed by atoms with van der Waals surface area (Å²) in [5.74, 6) is 0. The first-order chi connectivity index (χ1) is 7.83. The van der Waals surface area contributed by atoms with Crippen molar-refractivity contribution in [2.45, 2.75) is 45.6 Å². The minimum absolute atomic E-state index is 0.674. The summed E-state index contributed by atoms with van der Waals surface area (Å²) in [5, 5.41) is 3.61. The fourth-order valence-corrected chi connectivity index (χ4v) is 2.10. The molecule has 1 aliphatic heterocycles. The SMILES string of the molecule is CCCCCC(C)NCCN1CCOCC1. The standard InChI is InChI=1S/C13H28N2O/c1-3-4-5-6-13(2)14-7-8-15-9-11-16-12-10-15/h13-14H,3-12H2,1-2H3. The molecule has 1 saturated heterocycles. The van der Waals surface area contributed by atoms with E-state index in [1.54, 1.807) is 0 Å². The van der Waals surface area contributed by atoms with Crippen molar-refractivity contribution >= 4 is 0 Å². The van der Waals surface area contributed by atoms with Gasteiger partial charge in [0, 0.05) is 32.2 Å². The monoisotopic (exact) mass is 228 g/mol. The highest BCUT2D eigenvalue weighted by Crippen LogP contribution is 2.02. The number of hydrogen-bond donors (Lipinski definition) is 1. The molecule has 1 N–H and O–H groups in total. The predicted octanol–water partition coefficient (Wildman–Crippen LogP) is 1.88. The quantitative estimate of drug-likeness (QED) is 0.642. The molecule has 0 saturated carbocycles. The lowest BCUT2D eigenvalue weighted by Gasteiger charge is -2.27. The molecular formula is C13H28N2O. The number of ether oxygens (including phenoxy) is 1. The summed E-state index contributed by atoms with van der Waals surface area (Å²) in [7, 11) is 0. The molecule has 1 fully saturated rings. The Morgan fingerprint density at radius 1 is 1.25 bits per heavy atom. The van der Waals surface area contributed by atoms with Gasteiger partial charge in [0.15, 0.2) is 0 Å². The largest absolute Gasteiger partial charge is 0.379 e. The van der Waals surface area contributed by atoms with Gasteiger partial charge in [-0.3, -0.25) is 4.90 Å². The lowest BCUT2D eigenvalue weighted by molar-refractivity contribution is 0.0381. The van der Waals surface area contributed by atoms with Gasteiger partial charge in [-0.05, 0) is 13.3 Å². The Balaban J connectivity index is 1.92. The molecule has 0 aromatic rings. The van der Waals surface area contributed by atoms with Crippen molar-refractivity contribution in [2.24, 2.45) is 0 Å². The smallest absolute Gasteiger partial charge is 0.0594 e. The zero-order chi connectivity index (χ0) is 11.6. The van der Waals surface area contributed by atoms with Crippen LogP contribution in [0.3, 0.4) is 0 Å². The summed E-state index contributed by atoms with van der Waals surface area (Å²) < 4.78 is 5.33. The molecule has 0 spiro atoms. The second-order valence-corrected chi connectivity index (χ2v) is 4.80. The molecular weight excluding hydrogens is 200 g/mol. The Kier molecular flexibility index (Phi) is 7.81. The number of nitrogens with one attached hydrogen (secondary N) is 1. The van der Waals surface area contributed by atoms with Crippen molar-refractivity contribution in [3.8, 4) is 0 Å². The normalized spacial score (nSPS) is 19.9. The molecule has 3 nitrogen and oxygen atoms in total. The summed E-state index contributed by atoms with van der Waals surface area (Å²) in [5.41, 5.74) is 0. The lowest BCUT2D eigenvalue weighted by Crippen LogP contribution is -2.41. The Morgan fingerprint density at radius 3 is 2.69 bits per heavy atom. The van der Waals surface area contributed by atoms with Crippen LogP contribution >= 0.6 is 0 Å². The highest BCUT2D eigenvalue weighted by Gasteiger charge is 2.09. The molecule has 1 unspecified atom stereocenters. The summed E-state index contributed by atoms with van der Waals surface area (Å²) in [4.78, 5) is 2.48. The number of morpholine rings is 1. The molecule has 0 aliphatic carbocycles. The zero-order valence-corrected chi connectivity index (χ0v) is 11.0. The molecule has 1 rings (SSSR count). The molecule has 0 bridgehead atoms. The van der Waals surface area contributed by atoms with Gasteiger partial charge in [0.25, 0.3) is 0 Å². The average Bonchev–Trinajstić information content (AvgIpc) is 2.31. The van der Waals surface area contributed by atoms with Gasteiger partial charge in [-0.1, -0.05) is 26.2 Å². The molecule has 0 amide bonds.